The van der Waals surface area contributed by atoms with Crippen molar-refractivity contribution in [2.75, 3.05) is 5.73 Å². The molecule has 0 aliphatic rings. The van der Waals surface area contributed by atoms with Gasteiger partial charge in [0.15, 0.2) is 0 Å². The molecule has 0 spiro atoms. The number of nitrogens with zero attached hydrogens (tertiary/aromatic N) is 2. The zero-order valence-electron chi connectivity index (χ0n) is 11.5. The van der Waals surface area contributed by atoms with Crippen molar-refractivity contribution in [2.45, 2.75) is 26.5 Å². The summed E-state index contributed by atoms with van der Waals surface area (Å²) in [6.45, 7) is 4.14. The van der Waals surface area contributed by atoms with E-state index >= 15 is 0 Å². The molecule has 1 atom stereocenters. The number of nitrogens with two attached hydrogens (primary N) is 1. The highest BCUT2D eigenvalue weighted by Crippen LogP contribution is 2.30. The predicted octanol–water partition coefficient (Wildman–Crippen LogP) is 3.09. The van der Waals surface area contributed by atoms with E-state index in [9.17, 15) is 5.11 Å². The monoisotopic (exact) mass is 287 g/mol. The molecule has 3 rings (SSSR count). The average Bonchev–Trinajstić information content (AvgIpc) is 3.00. The van der Waals surface area contributed by atoms with Crippen molar-refractivity contribution in [3.8, 4) is 0 Å². The maximum absolute atomic E-state index is 9.58. The van der Waals surface area contributed by atoms with Crippen LogP contribution in [-0.4, -0.2) is 14.7 Å². The highest BCUT2D eigenvalue weighted by Gasteiger charge is 2.18. The standard InChI is InChI=1S/C15H17N3OS/c1-9-3-6-14(20-9)10(2)18-13-5-4-11(16)7-12(13)17-15(18)8-19/h3-7,10,19H,8,16H2,1-2H3. The van der Waals surface area contributed by atoms with Crippen molar-refractivity contribution in [1.82, 2.24) is 9.55 Å². The summed E-state index contributed by atoms with van der Waals surface area (Å²) in [5.74, 6) is 0.671. The Morgan fingerprint density at radius 3 is 2.80 bits per heavy atom. The van der Waals surface area contributed by atoms with Gasteiger partial charge in [-0.2, -0.15) is 0 Å². The minimum absolute atomic E-state index is 0.0801. The minimum Gasteiger partial charge on any atom is -0.399 e. The van der Waals surface area contributed by atoms with Crippen LogP contribution < -0.4 is 5.73 Å². The van der Waals surface area contributed by atoms with Gasteiger partial charge in [0.05, 0.1) is 17.1 Å². The Kier molecular flexibility index (Phi) is 3.23. The Morgan fingerprint density at radius 2 is 2.15 bits per heavy atom. The van der Waals surface area contributed by atoms with Gasteiger partial charge >= 0.3 is 0 Å². The summed E-state index contributed by atoms with van der Waals surface area (Å²) in [5, 5.41) is 9.58. The third kappa shape index (κ3) is 2.09. The van der Waals surface area contributed by atoms with E-state index in [-0.39, 0.29) is 12.6 Å². The van der Waals surface area contributed by atoms with E-state index in [1.807, 2.05) is 18.2 Å². The van der Waals surface area contributed by atoms with Gasteiger partial charge in [0.2, 0.25) is 0 Å². The molecule has 0 aliphatic carbocycles. The molecule has 2 heterocycles. The Balaban J connectivity index is 2.18. The fourth-order valence-corrected chi connectivity index (χ4v) is 3.43. The molecule has 3 N–H and O–H groups in total. The molecule has 0 amide bonds. The first-order valence-electron chi connectivity index (χ1n) is 6.53. The van der Waals surface area contributed by atoms with Gasteiger partial charge in [0.25, 0.3) is 0 Å². The van der Waals surface area contributed by atoms with Gasteiger partial charge in [-0.15, -0.1) is 11.3 Å². The van der Waals surface area contributed by atoms with Gasteiger partial charge in [-0.05, 0) is 44.2 Å². The topological polar surface area (TPSA) is 64.1 Å². The van der Waals surface area contributed by atoms with Crippen LogP contribution in [0.5, 0.6) is 0 Å². The second-order valence-electron chi connectivity index (χ2n) is 4.93. The lowest BCUT2D eigenvalue weighted by Gasteiger charge is -2.15. The lowest BCUT2D eigenvalue weighted by atomic mass is 10.2. The number of anilines is 1. The minimum atomic E-state index is -0.0801. The Bertz CT molecular complexity index is 760. The molecule has 0 aliphatic heterocycles. The van der Waals surface area contributed by atoms with Gasteiger partial charge < -0.3 is 15.4 Å². The molecule has 0 radical (unpaired) electrons. The summed E-state index contributed by atoms with van der Waals surface area (Å²) in [4.78, 5) is 7.02. The highest BCUT2D eigenvalue weighted by atomic mass is 32.1. The van der Waals surface area contributed by atoms with Gasteiger partial charge in [0, 0.05) is 15.4 Å². The van der Waals surface area contributed by atoms with Crippen molar-refractivity contribution in [1.29, 1.82) is 0 Å². The number of aliphatic hydroxyl groups is 1. The number of fused-ring (bicyclic) bond motifs is 1. The average molecular weight is 287 g/mol. The molecule has 0 bridgehead atoms. The van der Waals surface area contributed by atoms with Crippen molar-refractivity contribution in [3.05, 3.63) is 45.9 Å². The third-order valence-electron chi connectivity index (χ3n) is 3.49. The normalized spacial score (nSPS) is 12.9. The number of nitrogen functional groups attached to an aromatic ring is 1. The van der Waals surface area contributed by atoms with E-state index in [4.69, 9.17) is 5.73 Å². The number of imidazole rings is 1. The van der Waals surface area contributed by atoms with E-state index in [1.165, 1.54) is 9.75 Å². The zero-order chi connectivity index (χ0) is 14.3. The molecule has 0 fully saturated rings. The van der Waals surface area contributed by atoms with E-state index < -0.39 is 0 Å². The first kappa shape index (κ1) is 13.1. The SMILES string of the molecule is Cc1ccc(C(C)n2c(CO)nc3cc(N)ccc32)s1. The predicted molar refractivity (Wildman–Crippen MR) is 82.9 cm³/mol. The first-order chi connectivity index (χ1) is 9.60. The summed E-state index contributed by atoms with van der Waals surface area (Å²) in [6.07, 6.45) is 0. The van der Waals surface area contributed by atoms with Gasteiger partial charge in [0.1, 0.15) is 12.4 Å². The number of aryl methyl sites for hydroxylation is 1. The summed E-state index contributed by atoms with van der Waals surface area (Å²) in [7, 11) is 0. The maximum Gasteiger partial charge on any atom is 0.136 e. The number of aromatic nitrogens is 2. The molecule has 5 heteroatoms. The van der Waals surface area contributed by atoms with Gasteiger partial charge in [-0.1, -0.05) is 0 Å². The number of thiophene rings is 1. The Morgan fingerprint density at radius 1 is 1.35 bits per heavy atom. The smallest absolute Gasteiger partial charge is 0.136 e. The Labute approximate surface area is 121 Å². The highest BCUT2D eigenvalue weighted by molar-refractivity contribution is 7.12. The van der Waals surface area contributed by atoms with E-state index in [1.54, 1.807) is 11.3 Å². The van der Waals surface area contributed by atoms with Crippen LogP contribution in [0.25, 0.3) is 11.0 Å². The molecule has 3 aromatic rings. The second kappa shape index (κ2) is 4.92. The summed E-state index contributed by atoms with van der Waals surface area (Å²) in [6, 6.07) is 10.1. The van der Waals surface area contributed by atoms with E-state index in [0.717, 1.165) is 11.0 Å². The van der Waals surface area contributed by atoms with Crippen molar-refractivity contribution in [3.63, 3.8) is 0 Å². The van der Waals surface area contributed by atoms with E-state index in [2.05, 4.69) is 35.5 Å². The number of hydrogen-bond acceptors (Lipinski definition) is 4. The van der Waals surface area contributed by atoms with Crippen LogP contribution in [-0.2, 0) is 6.61 Å². The Hall–Kier alpha value is -1.85. The van der Waals surface area contributed by atoms with Crippen LogP contribution in [0, 0.1) is 6.92 Å². The molecule has 0 saturated carbocycles. The quantitative estimate of drug-likeness (QED) is 0.728. The van der Waals surface area contributed by atoms with Crippen molar-refractivity contribution >= 4 is 28.1 Å². The molecule has 4 nitrogen and oxygen atoms in total. The molecule has 2 aromatic heterocycles. The molecule has 0 saturated heterocycles. The second-order valence-corrected chi connectivity index (χ2v) is 6.25. The van der Waals surface area contributed by atoms with Gasteiger partial charge in [-0.3, -0.25) is 0 Å². The zero-order valence-corrected chi connectivity index (χ0v) is 12.3. The van der Waals surface area contributed by atoms with E-state index in [0.29, 0.717) is 11.5 Å². The van der Waals surface area contributed by atoms with Crippen LogP contribution in [0.1, 0.15) is 28.5 Å². The lowest BCUT2D eigenvalue weighted by Crippen LogP contribution is -2.09. The largest absolute Gasteiger partial charge is 0.399 e. The fraction of sp³-hybridized carbons (Fsp3) is 0.267. The van der Waals surface area contributed by atoms with Crippen LogP contribution in [0.4, 0.5) is 5.69 Å². The molecule has 1 unspecified atom stereocenters. The first-order valence-corrected chi connectivity index (χ1v) is 7.35. The molecule has 1 aromatic carbocycles. The summed E-state index contributed by atoms with van der Waals surface area (Å²) >= 11 is 1.77. The molecular weight excluding hydrogens is 270 g/mol. The molecule has 104 valence electrons. The molecular formula is C15H17N3OS. The number of benzene rings is 1. The number of hydrogen-bond donors (Lipinski definition) is 2. The van der Waals surface area contributed by atoms with Gasteiger partial charge in [-0.25, -0.2) is 4.98 Å². The van der Waals surface area contributed by atoms with Crippen molar-refractivity contribution in [2.24, 2.45) is 0 Å². The number of rotatable bonds is 3. The maximum atomic E-state index is 9.58. The fourth-order valence-electron chi connectivity index (χ4n) is 2.51. The van der Waals surface area contributed by atoms with Crippen LogP contribution in [0.15, 0.2) is 30.3 Å². The summed E-state index contributed by atoms with van der Waals surface area (Å²) < 4.78 is 2.08. The number of aliphatic hydroxyl groups excluding tert-OH is 1. The van der Waals surface area contributed by atoms with Crippen LogP contribution in [0.2, 0.25) is 0 Å². The van der Waals surface area contributed by atoms with Crippen molar-refractivity contribution < 1.29 is 5.11 Å². The molecule has 20 heavy (non-hydrogen) atoms. The summed E-state index contributed by atoms with van der Waals surface area (Å²) in [5.41, 5.74) is 8.32. The third-order valence-corrected chi connectivity index (χ3v) is 4.66. The lowest BCUT2D eigenvalue weighted by molar-refractivity contribution is 0.264. The van der Waals surface area contributed by atoms with Crippen LogP contribution in [0.3, 0.4) is 0 Å². The van der Waals surface area contributed by atoms with Crippen LogP contribution >= 0.6 is 11.3 Å².